The van der Waals surface area contributed by atoms with Crippen molar-refractivity contribution >= 4 is 22.4 Å². The lowest BCUT2D eigenvalue weighted by molar-refractivity contribution is 0.178. The van der Waals surface area contributed by atoms with Crippen LogP contribution in [0.25, 0.3) is 10.9 Å². The molecule has 7 heteroatoms. The monoisotopic (exact) mass is 365 g/mol. The van der Waals surface area contributed by atoms with Crippen molar-refractivity contribution in [1.82, 2.24) is 9.97 Å². The summed E-state index contributed by atoms with van der Waals surface area (Å²) in [4.78, 5) is 8.59. The SMILES string of the molecule is C#Cc1cccc(Nc2ncnc3cc(OCCO)c(OCCO)cc23)c1. The standard InChI is InChI=1S/C20H19N3O4/c1-2-14-4-3-5-15(10-14)23-20-16-11-18(26-8-6-24)19(27-9-7-25)12-17(16)21-13-22-20/h1,3-5,10-13,24-25H,6-9H2,(H,21,22,23). The van der Waals surface area contributed by atoms with Crippen molar-refractivity contribution in [3.63, 3.8) is 0 Å². The second kappa shape index (κ2) is 8.85. The number of nitrogens with one attached hydrogen (secondary N) is 1. The third kappa shape index (κ3) is 4.44. The summed E-state index contributed by atoms with van der Waals surface area (Å²) in [6.45, 7) is -0.0238. The molecule has 0 saturated heterocycles. The third-order valence-corrected chi connectivity index (χ3v) is 3.69. The highest BCUT2D eigenvalue weighted by Gasteiger charge is 2.12. The molecule has 138 valence electrons. The van der Waals surface area contributed by atoms with Gasteiger partial charge in [-0.1, -0.05) is 12.0 Å². The van der Waals surface area contributed by atoms with Gasteiger partial charge in [-0.15, -0.1) is 6.42 Å². The molecule has 3 N–H and O–H groups in total. The van der Waals surface area contributed by atoms with Gasteiger partial charge in [0.2, 0.25) is 0 Å². The minimum atomic E-state index is -0.132. The van der Waals surface area contributed by atoms with E-state index < -0.39 is 0 Å². The van der Waals surface area contributed by atoms with E-state index in [4.69, 9.17) is 26.1 Å². The van der Waals surface area contributed by atoms with Gasteiger partial charge in [-0.25, -0.2) is 9.97 Å². The minimum absolute atomic E-state index is 0.113. The molecule has 0 fully saturated rings. The first-order valence-corrected chi connectivity index (χ1v) is 8.35. The van der Waals surface area contributed by atoms with Gasteiger partial charge in [-0.2, -0.15) is 0 Å². The van der Waals surface area contributed by atoms with Crippen molar-refractivity contribution in [3.8, 4) is 23.8 Å². The van der Waals surface area contributed by atoms with Crippen LogP contribution in [0.2, 0.25) is 0 Å². The second-order valence-corrected chi connectivity index (χ2v) is 5.53. The number of ether oxygens (including phenoxy) is 2. The molecular weight excluding hydrogens is 346 g/mol. The van der Waals surface area contributed by atoms with Crippen molar-refractivity contribution in [2.75, 3.05) is 31.7 Å². The van der Waals surface area contributed by atoms with Crippen LogP contribution in [-0.4, -0.2) is 46.6 Å². The molecule has 7 nitrogen and oxygen atoms in total. The summed E-state index contributed by atoms with van der Waals surface area (Å²) in [5.74, 6) is 4.04. The van der Waals surface area contributed by atoms with Crippen molar-refractivity contribution in [1.29, 1.82) is 0 Å². The zero-order chi connectivity index (χ0) is 19.1. The molecule has 0 atom stereocenters. The average molecular weight is 365 g/mol. The zero-order valence-corrected chi connectivity index (χ0v) is 14.6. The fraction of sp³-hybridized carbons (Fsp3) is 0.200. The highest BCUT2D eigenvalue weighted by molar-refractivity contribution is 5.93. The van der Waals surface area contributed by atoms with Crippen molar-refractivity contribution < 1.29 is 19.7 Å². The highest BCUT2D eigenvalue weighted by atomic mass is 16.5. The molecule has 3 aromatic rings. The number of nitrogens with zero attached hydrogens (tertiary/aromatic N) is 2. The molecule has 3 rings (SSSR count). The number of aliphatic hydroxyl groups is 2. The zero-order valence-electron chi connectivity index (χ0n) is 14.6. The van der Waals surface area contributed by atoms with Gasteiger partial charge >= 0.3 is 0 Å². The van der Waals surface area contributed by atoms with Crippen LogP contribution in [0.1, 0.15) is 5.56 Å². The Morgan fingerprint density at radius 1 is 1.00 bits per heavy atom. The first-order valence-electron chi connectivity index (χ1n) is 8.35. The molecule has 0 radical (unpaired) electrons. The number of anilines is 2. The van der Waals surface area contributed by atoms with E-state index in [1.165, 1.54) is 6.33 Å². The normalized spacial score (nSPS) is 10.4. The molecule has 27 heavy (non-hydrogen) atoms. The van der Waals surface area contributed by atoms with E-state index in [0.717, 1.165) is 11.3 Å². The lowest BCUT2D eigenvalue weighted by atomic mass is 10.2. The molecule has 2 aromatic carbocycles. The Hall–Kier alpha value is -3.34. The molecule has 0 unspecified atom stereocenters. The number of aliphatic hydroxyl groups excluding tert-OH is 2. The molecule has 1 aromatic heterocycles. The number of rotatable bonds is 8. The maximum Gasteiger partial charge on any atom is 0.163 e. The number of fused-ring (bicyclic) bond motifs is 1. The lowest BCUT2D eigenvalue weighted by Gasteiger charge is -2.14. The van der Waals surface area contributed by atoms with Crippen molar-refractivity contribution in [2.45, 2.75) is 0 Å². The van der Waals surface area contributed by atoms with Crippen molar-refractivity contribution in [3.05, 3.63) is 48.3 Å². The van der Waals surface area contributed by atoms with Crippen LogP contribution in [0.5, 0.6) is 11.5 Å². The predicted octanol–water partition coefficient (Wildman–Crippen LogP) is 2.10. The Labute approximate surface area is 156 Å². The van der Waals surface area contributed by atoms with E-state index in [1.807, 2.05) is 24.3 Å². The second-order valence-electron chi connectivity index (χ2n) is 5.53. The molecule has 0 bridgehead atoms. The number of aromatic nitrogens is 2. The van der Waals surface area contributed by atoms with Gasteiger partial charge in [-0.3, -0.25) is 0 Å². The fourth-order valence-electron chi connectivity index (χ4n) is 2.52. The van der Waals surface area contributed by atoms with Crippen molar-refractivity contribution in [2.24, 2.45) is 0 Å². The summed E-state index contributed by atoms with van der Waals surface area (Å²) in [7, 11) is 0. The van der Waals surface area contributed by atoms with Crippen LogP contribution in [0, 0.1) is 12.3 Å². The minimum Gasteiger partial charge on any atom is -0.487 e. The van der Waals surface area contributed by atoms with Crippen LogP contribution in [0.4, 0.5) is 11.5 Å². The predicted molar refractivity (Wildman–Crippen MR) is 102 cm³/mol. The summed E-state index contributed by atoms with van der Waals surface area (Å²) in [5, 5.41) is 22.0. The quantitative estimate of drug-likeness (QED) is 0.526. The largest absolute Gasteiger partial charge is 0.487 e. The highest BCUT2D eigenvalue weighted by Crippen LogP contribution is 2.35. The summed E-state index contributed by atoms with van der Waals surface area (Å²) >= 11 is 0. The number of benzene rings is 2. The molecule has 0 saturated carbocycles. The maximum atomic E-state index is 9.05. The van der Waals surface area contributed by atoms with E-state index in [1.54, 1.807) is 12.1 Å². The van der Waals surface area contributed by atoms with E-state index in [0.29, 0.717) is 28.2 Å². The molecule has 0 amide bonds. The number of terminal acetylenes is 1. The fourth-order valence-corrected chi connectivity index (χ4v) is 2.52. The van der Waals surface area contributed by atoms with Gasteiger partial charge in [0.15, 0.2) is 11.5 Å². The van der Waals surface area contributed by atoms with Gasteiger partial charge in [0.25, 0.3) is 0 Å². The topological polar surface area (TPSA) is 96.7 Å². The Morgan fingerprint density at radius 2 is 1.74 bits per heavy atom. The van der Waals surface area contributed by atoms with Gasteiger partial charge < -0.3 is 25.0 Å². The summed E-state index contributed by atoms with van der Waals surface area (Å²) in [5.41, 5.74) is 2.19. The van der Waals surface area contributed by atoms with Crippen LogP contribution in [-0.2, 0) is 0 Å². The first-order chi connectivity index (χ1) is 13.2. The lowest BCUT2D eigenvalue weighted by Crippen LogP contribution is -2.07. The molecule has 0 aliphatic rings. The van der Waals surface area contributed by atoms with Gasteiger partial charge in [0.05, 0.1) is 18.7 Å². The maximum absolute atomic E-state index is 9.05. The third-order valence-electron chi connectivity index (χ3n) is 3.69. The molecule has 0 aliphatic carbocycles. The first kappa shape index (κ1) is 18.5. The van der Waals surface area contributed by atoms with E-state index in [9.17, 15) is 0 Å². The smallest absolute Gasteiger partial charge is 0.163 e. The van der Waals surface area contributed by atoms with Gasteiger partial charge in [0, 0.05) is 22.7 Å². The molecule has 1 heterocycles. The Kier molecular flexibility index (Phi) is 6.05. The van der Waals surface area contributed by atoms with Crippen LogP contribution in [0.3, 0.4) is 0 Å². The molecule has 0 spiro atoms. The Bertz CT molecular complexity index is 969. The van der Waals surface area contributed by atoms with Gasteiger partial charge in [0.1, 0.15) is 25.4 Å². The summed E-state index contributed by atoms with van der Waals surface area (Å²) in [6, 6.07) is 10.9. The van der Waals surface area contributed by atoms with E-state index in [-0.39, 0.29) is 26.4 Å². The van der Waals surface area contributed by atoms with Crippen LogP contribution >= 0.6 is 0 Å². The Balaban J connectivity index is 2.01. The molecule has 0 aliphatic heterocycles. The number of hydrogen-bond donors (Lipinski definition) is 3. The summed E-state index contributed by atoms with van der Waals surface area (Å²) < 4.78 is 11.1. The van der Waals surface area contributed by atoms with E-state index in [2.05, 4.69) is 21.2 Å². The average Bonchev–Trinajstić information content (AvgIpc) is 2.71. The van der Waals surface area contributed by atoms with Crippen LogP contribution in [0.15, 0.2) is 42.7 Å². The van der Waals surface area contributed by atoms with Crippen LogP contribution < -0.4 is 14.8 Å². The van der Waals surface area contributed by atoms with Gasteiger partial charge in [-0.05, 0) is 24.3 Å². The van der Waals surface area contributed by atoms with E-state index >= 15 is 0 Å². The Morgan fingerprint density at radius 3 is 2.44 bits per heavy atom. The summed E-state index contributed by atoms with van der Waals surface area (Å²) in [6.07, 6.45) is 6.90. The molecular formula is C20H19N3O4. The number of hydrogen-bond acceptors (Lipinski definition) is 7.